The highest BCUT2D eigenvalue weighted by atomic mass is 16.1. The Labute approximate surface area is 129 Å². The molecule has 1 rings (SSSR count). The Balaban J connectivity index is 2.31. The van der Waals surface area contributed by atoms with Crippen LogP contribution >= 0.6 is 0 Å². The molecule has 1 amide bonds. The van der Waals surface area contributed by atoms with Crippen molar-refractivity contribution in [3.8, 4) is 0 Å². The van der Waals surface area contributed by atoms with Gasteiger partial charge in [0.2, 0.25) is 5.91 Å². The first-order valence-electron chi connectivity index (χ1n) is 8.11. The van der Waals surface area contributed by atoms with Gasteiger partial charge in [-0.2, -0.15) is 0 Å². The van der Waals surface area contributed by atoms with Crippen molar-refractivity contribution in [2.75, 3.05) is 0 Å². The third-order valence-corrected chi connectivity index (χ3v) is 3.86. The van der Waals surface area contributed by atoms with Crippen LogP contribution in [0, 0.1) is 12.8 Å². The summed E-state index contributed by atoms with van der Waals surface area (Å²) in [4.78, 5) is 12.2. The molecule has 0 bridgehead atoms. The van der Waals surface area contributed by atoms with Gasteiger partial charge in [0.25, 0.3) is 0 Å². The Bertz CT molecular complexity index is 433. The summed E-state index contributed by atoms with van der Waals surface area (Å²) >= 11 is 0. The number of hydrogen-bond acceptors (Lipinski definition) is 1. The summed E-state index contributed by atoms with van der Waals surface area (Å²) in [7, 11) is 0. The molecule has 0 saturated heterocycles. The van der Waals surface area contributed by atoms with Gasteiger partial charge in [-0.15, -0.1) is 0 Å². The average Bonchev–Trinajstić information content (AvgIpc) is 2.50. The molecular weight excluding hydrogens is 258 g/mol. The summed E-state index contributed by atoms with van der Waals surface area (Å²) in [6.45, 7) is 6.85. The molecule has 0 aromatic heterocycles. The lowest BCUT2D eigenvalue weighted by atomic mass is 9.97. The van der Waals surface area contributed by atoms with E-state index in [1.54, 1.807) is 0 Å². The lowest BCUT2D eigenvalue weighted by Gasteiger charge is -2.15. The lowest BCUT2D eigenvalue weighted by molar-refractivity contribution is -0.125. The zero-order valence-corrected chi connectivity index (χ0v) is 13.7. The Morgan fingerprint density at radius 3 is 2.57 bits per heavy atom. The van der Waals surface area contributed by atoms with E-state index in [4.69, 9.17) is 0 Å². The fraction of sp³-hybridized carbons (Fsp3) is 0.526. The van der Waals surface area contributed by atoms with E-state index in [0.717, 1.165) is 31.2 Å². The van der Waals surface area contributed by atoms with E-state index >= 15 is 0 Å². The molecule has 0 aliphatic carbocycles. The molecule has 0 aliphatic heterocycles. The van der Waals surface area contributed by atoms with Crippen molar-refractivity contribution < 1.29 is 4.79 Å². The van der Waals surface area contributed by atoms with Crippen molar-refractivity contribution in [1.29, 1.82) is 0 Å². The topological polar surface area (TPSA) is 29.1 Å². The van der Waals surface area contributed by atoms with Crippen molar-refractivity contribution >= 4 is 5.91 Å². The Morgan fingerprint density at radius 2 is 1.95 bits per heavy atom. The molecule has 1 aromatic carbocycles. The largest absolute Gasteiger partial charge is 0.352 e. The second kappa shape index (κ2) is 10.2. The molecule has 0 spiro atoms. The van der Waals surface area contributed by atoms with E-state index in [1.807, 2.05) is 6.92 Å². The quantitative estimate of drug-likeness (QED) is 0.514. The summed E-state index contributed by atoms with van der Waals surface area (Å²) in [5.41, 5.74) is 2.41. The standard InChI is InChI=1S/C19H29NO/c1-4-6-7-8-9-10-18(5-2)19(21)20-15-17-13-11-16(3)12-14-17/h4,6,11-14,18H,5,7-10,15H2,1-3H3,(H,20,21)/b6-4+. The number of carbonyl (C=O) groups excluding carboxylic acids is 1. The molecule has 1 unspecified atom stereocenters. The van der Waals surface area contributed by atoms with Crippen molar-refractivity contribution in [2.24, 2.45) is 5.92 Å². The van der Waals surface area contributed by atoms with Gasteiger partial charge in [0.05, 0.1) is 0 Å². The van der Waals surface area contributed by atoms with Crippen molar-refractivity contribution in [3.63, 3.8) is 0 Å². The van der Waals surface area contributed by atoms with Gasteiger partial charge < -0.3 is 5.32 Å². The Morgan fingerprint density at radius 1 is 1.24 bits per heavy atom. The van der Waals surface area contributed by atoms with E-state index in [0.29, 0.717) is 6.54 Å². The highest BCUT2D eigenvalue weighted by Crippen LogP contribution is 2.14. The minimum Gasteiger partial charge on any atom is -0.352 e. The van der Waals surface area contributed by atoms with Gasteiger partial charge >= 0.3 is 0 Å². The number of carbonyl (C=O) groups is 1. The van der Waals surface area contributed by atoms with Crippen molar-refractivity contribution in [3.05, 3.63) is 47.5 Å². The van der Waals surface area contributed by atoms with Gasteiger partial charge in [-0.3, -0.25) is 4.79 Å². The van der Waals surface area contributed by atoms with Crippen LogP contribution in [0.4, 0.5) is 0 Å². The molecule has 116 valence electrons. The van der Waals surface area contributed by atoms with E-state index in [1.165, 1.54) is 12.0 Å². The van der Waals surface area contributed by atoms with Gasteiger partial charge in [0.1, 0.15) is 0 Å². The molecule has 0 saturated carbocycles. The predicted molar refractivity (Wildman–Crippen MR) is 90.1 cm³/mol. The molecule has 1 aromatic rings. The number of aryl methyl sites for hydroxylation is 1. The van der Waals surface area contributed by atoms with E-state index in [2.05, 4.69) is 55.6 Å². The fourth-order valence-electron chi connectivity index (χ4n) is 2.38. The monoisotopic (exact) mass is 287 g/mol. The normalized spacial score (nSPS) is 12.5. The third-order valence-electron chi connectivity index (χ3n) is 3.86. The first kappa shape index (κ1) is 17.5. The van der Waals surface area contributed by atoms with Crippen LogP contribution < -0.4 is 5.32 Å². The second-order valence-corrected chi connectivity index (χ2v) is 5.66. The summed E-state index contributed by atoms with van der Waals surface area (Å²) in [5, 5.41) is 3.07. The first-order chi connectivity index (χ1) is 10.2. The van der Waals surface area contributed by atoms with Crippen molar-refractivity contribution in [2.45, 2.75) is 59.4 Å². The van der Waals surface area contributed by atoms with Crippen LogP contribution in [0.2, 0.25) is 0 Å². The third kappa shape index (κ3) is 7.12. The fourth-order valence-corrected chi connectivity index (χ4v) is 2.38. The predicted octanol–water partition coefficient (Wildman–Crippen LogP) is 4.77. The average molecular weight is 287 g/mol. The van der Waals surface area contributed by atoms with Crippen LogP contribution in [0.15, 0.2) is 36.4 Å². The van der Waals surface area contributed by atoms with Crippen LogP contribution in [0.5, 0.6) is 0 Å². The molecule has 0 aliphatic rings. The molecule has 2 heteroatoms. The van der Waals surface area contributed by atoms with Gasteiger partial charge in [0, 0.05) is 12.5 Å². The maximum Gasteiger partial charge on any atom is 0.223 e. The van der Waals surface area contributed by atoms with E-state index in [-0.39, 0.29) is 11.8 Å². The van der Waals surface area contributed by atoms with Crippen LogP contribution in [0.1, 0.15) is 57.1 Å². The Hall–Kier alpha value is -1.57. The molecule has 1 N–H and O–H groups in total. The molecule has 1 atom stereocenters. The number of hydrogen-bond donors (Lipinski definition) is 1. The molecule has 0 heterocycles. The Kier molecular flexibility index (Phi) is 8.49. The zero-order chi connectivity index (χ0) is 15.5. The first-order valence-corrected chi connectivity index (χ1v) is 8.11. The molecule has 2 nitrogen and oxygen atoms in total. The van der Waals surface area contributed by atoms with Crippen LogP contribution in [-0.4, -0.2) is 5.91 Å². The highest BCUT2D eigenvalue weighted by molar-refractivity contribution is 5.78. The van der Waals surface area contributed by atoms with Gasteiger partial charge in [-0.1, -0.05) is 55.3 Å². The summed E-state index contributed by atoms with van der Waals surface area (Å²) in [6.07, 6.45) is 9.62. The lowest BCUT2D eigenvalue weighted by Crippen LogP contribution is -2.30. The number of unbranched alkanes of at least 4 members (excludes halogenated alkanes) is 2. The number of amides is 1. The molecule has 21 heavy (non-hydrogen) atoms. The second-order valence-electron chi connectivity index (χ2n) is 5.66. The van der Waals surface area contributed by atoms with Gasteiger partial charge in [-0.25, -0.2) is 0 Å². The van der Waals surface area contributed by atoms with E-state index in [9.17, 15) is 4.79 Å². The molecule has 0 radical (unpaired) electrons. The maximum absolute atomic E-state index is 12.2. The van der Waals surface area contributed by atoms with E-state index < -0.39 is 0 Å². The number of benzene rings is 1. The number of allylic oxidation sites excluding steroid dienone is 2. The number of nitrogens with one attached hydrogen (secondary N) is 1. The van der Waals surface area contributed by atoms with Crippen LogP contribution in [-0.2, 0) is 11.3 Å². The summed E-state index contributed by atoms with van der Waals surface area (Å²) in [5.74, 6) is 0.352. The van der Waals surface area contributed by atoms with Crippen LogP contribution in [0.25, 0.3) is 0 Å². The smallest absolute Gasteiger partial charge is 0.223 e. The van der Waals surface area contributed by atoms with Crippen LogP contribution in [0.3, 0.4) is 0 Å². The minimum atomic E-state index is 0.154. The molecule has 0 fully saturated rings. The number of rotatable bonds is 9. The van der Waals surface area contributed by atoms with Crippen molar-refractivity contribution in [1.82, 2.24) is 5.32 Å². The van der Waals surface area contributed by atoms with Gasteiger partial charge in [0.15, 0.2) is 0 Å². The summed E-state index contributed by atoms with van der Waals surface area (Å²) in [6, 6.07) is 8.32. The zero-order valence-electron chi connectivity index (χ0n) is 13.7. The summed E-state index contributed by atoms with van der Waals surface area (Å²) < 4.78 is 0. The maximum atomic E-state index is 12.2. The minimum absolute atomic E-state index is 0.154. The van der Waals surface area contributed by atoms with Gasteiger partial charge in [-0.05, 0) is 45.1 Å². The highest BCUT2D eigenvalue weighted by Gasteiger charge is 2.15. The SMILES string of the molecule is C/C=C/CCCCC(CC)C(=O)NCc1ccc(C)cc1. The molecular formula is C19H29NO.